The van der Waals surface area contributed by atoms with Crippen LogP contribution in [0.15, 0.2) is 83.8 Å². The SMILES string of the molecule is O=C(O)CN(C1(c2cccc(-c3ccccc3)c2)CC1)S(=O)(=O)c1ccc(OC(F)F)cc1. The van der Waals surface area contributed by atoms with Crippen LogP contribution < -0.4 is 4.74 Å². The third-order valence-corrected chi connectivity index (χ3v) is 7.55. The summed E-state index contributed by atoms with van der Waals surface area (Å²) in [5.74, 6) is -1.48. The highest BCUT2D eigenvalue weighted by Crippen LogP contribution is 2.53. The number of carboxylic acid groups (broad SMARTS) is 1. The molecule has 1 fully saturated rings. The molecule has 0 atom stereocenters. The summed E-state index contributed by atoms with van der Waals surface area (Å²) in [7, 11) is -4.25. The molecule has 0 bridgehead atoms. The van der Waals surface area contributed by atoms with Crippen molar-refractivity contribution in [3.05, 3.63) is 84.4 Å². The quantitative estimate of drug-likeness (QED) is 0.486. The minimum atomic E-state index is -4.25. The van der Waals surface area contributed by atoms with E-state index in [1.807, 2.05) is 48.5 Å². The van der Waals surface area contributed by atoms with Gasteiger partial charge < -0.3 is 9.84 Å². The predicted molar refractivity (Wildman–Crippen MR) is 117 cm³/mol. The molecule has 0 amide bonds. The molecule has 0 saturated heterocycles. The fraction of sp³-hybridized carbons (Fsp3) is 0.208. The molecular weight excluding hydrogens is 452 g/mol. The van der Waals surface area contributed by atoms with Gasteiger partial charge in [0.2, 0.25) is 10.0 Å². The molecule has 3 aromatic carbocycles. The van der Waals surface area contributed by atoms with Gasteiger partial charge in [-0.15, -0.1) is 0 Å². The Morgan fingerprint density at radius 1 is 0.970 bits per heavy atom. The molecule has 4 rings (SSSR count). The molecule has 3 aromatic rings. The van der Waals surface area contributed by atoms with E-state index in [0.29, 0.717) is 18.4 Å². The summed E-state index contributed by atoms with van der Waals surface area (Å²) in [5, 5.41) is 9.50. The summed E-state index contributed by atoms with van der Waals surface area (Å²) in [6.07, 6.45) is 0.925. The molecule has 9 heteroatoms. The minimum absolute atomic E-state index is 0.189. The zero-order chi connectivity index (χ0) is 23.6. The van der Waals surface area contributed by atoms with E-state index in [1.54, 1.807) is 6.07 Å². The third kappa shape index (κ3) is 4.74. The van der Waals surface area contributed by atoms with E-state index >= 15 is 0 Å². The highest BCUT2D eigenvalue weighted by atomic mass is 32.2. The second-order valence-corrected chi connectivity index (χ2v) is 9.60. The molecule has 0 radical (unpaired) electrons. The van der Waals surface area contributed by atoms with E-state index in [1.165, 1.54) is 0 Å². The Kier molecular flexibility index (Phi) is 6.18. The van der Waals surface area contributed by atoms with E-state index in [9.17, 15) is 27.1 Å². The number of sulfonamides is 1. The Balaban J connectivity index is 1.72. The molecule has 0 spiro atoms. The van der Waals surface area contributed by atoms with Crippen molar-refractivity contribution in [3.63, 3.8) is 0 Å². The van der Waals surface area contributed by atoms with E-state index < -0.39 is 34.7 Å². The average molecular weight is 473 g/mol. The first-order valence-corrected chi connectivity index (χ1v) is 11.6. The van der Waals surface area contributed by atoms with Gasteiger partial charge in [-0.05, 0) is 59.9 Å². The largest absolute Gasteiger partial charge is 0.480 e. The number of rotatable bonds is 9. The highest BCUT2D eigenvalue weighted by Gasteiger charge is 2.55. The molecule has 172 valence electrons. The van der Waals surface area contributed by atoms with E-state index in [0.717, 1.165) is 39.7 Å². The van der Waals surface area contributed by atoms with Gasteiger partial charge in [-0.1, -0.05) is 48.5 Å². The lowest BCUT2D eigenvalue weighted by molar-refractivity contribution is -0.137. The Morgan fingerprint density at radius 3 is 2.18 bits per heavy atom. The van der Waals surface area contributed by atoms with Crippen LogP contribution in [0.1, 0.15) is 18.4 Å². The van der Waals surface area contributed by atoms with Crippen LogP contribution in [0.25, 0.3) is 11.1 Å². The van der Waals surface area contributed by atoms with Crippen molar-refractivity contribution in [1.82, 2.24) is 4.31 Å². The molecule has 0 unspecified atom stereocenters. The number of ether oxygens (including phenoxy) is 1. The summed E-state index contributed by atoms with van der Waals surface area (Å²) in [4.78, 5) is 11.4. The van der Waals surface area contributed by atoms with Gasteiger partial charge in [-0.25, -0.2) is 8.42 Å². The van der Waals surface area contributed by atoms with Gasteiger partial charge in [0.15, 0.2) is 0 Å². The second kappa shape index (κ2) is 8.92. The van der Waals surface area contributed by atoms with Gasteiger partial charge in [0.25, 0.3) is 0 Å². The first-order chi connectivity index (χ1) is 15.7. The number of halogens is 2. The summed E-state index contributed by atoms with van der Waals surface area (Å²) >= 11 is 0. The topological polar surface area (TPSA) is 83.9 Å². The van der Waals surface area contributed by atoms with Crippen LogP contribution in [0.3, 0.4) is 0 Å². The summed E-state index contributed by atoms with van der Waals surface area (Å²) in [6.45, 7) is -3.77. The number of benzene rings is 3. The average Bonchev–Trinajstić information content (AvgIpc) is 3.60. The van der Waals surface area contributed by atoms with Gasteiger partial charge in [-0.2, -0.15) is 13.1 Å². The van der Waals surface area contributed by atoms with Crippen molar-refractivity contribution in [1.29, 1.82) is 0 Å². The first kappa shape index (κ1) is 22.9. The van der Waals surface area contributed by atoms with Crippen LogP contribution in [0.2, 0.25) is 0 Å². The molecule has 1 aliphatic carbocycles. The Labute approximate surface area is 190 Å². The van der Waals surface area contributed by atoms with Crippen molar-refractivity contribution in [2.24, 2.45) is 0 Å². The highest BCUT2D eigenvalue weighted by molar-refractivity contribution is 7.89. The monoisotopic (exact) mass is 473 g/mol. The molecule has 0 aromatic heterocycles. The number of aliphatic carboxylic acids is 1. The van der Waals surface area contributed by atoms with Crippen LogP contribution in [0.4, 0.5) is 8.78 Å². The maximum absolute atomic E-state index is 13.5. The molecule has 1 aliphatic rings. The van der Waals surface area contributed by atoms with Crippen LogP contribution >= 0.6 is 0 Å². The lowest BCUT2D eigenvalue weighted by atomic mass is 9.98. The van der Waals surface area contributed by atoms with Gasteiger partial charge in [-0.3, -0.25) is 4.79 Å². The Hall–Kier alpha value is -3.30. The van der Waals surface area contributed by atoms with Crippen molar-refractivity contribution < 1.29 is 31.8 Å². The van der Waals surface area contributed by atoms with Gasteiger partial charge in [0.05, 0.1) is 10.4 Å². The molecule has 1 saturated carbocycles. The molecule has 6 nitrogen and oxygen atoms in total. The normalized spacial score (nSPS) is 14.9. The van der Waals surface area contributed by atoms with Crippen LogP contribution in [-0.4, -0.2) is 37.0 Å². The second-order valence-electron chi connectivity index (χ2n) is 7.73. The molecule has 1 N–H and O–H groups in total. The van der Waals surface area contributed by atoms with Gasteiger partial charge >= 0.3 is 12.6 Å². The zero-order valence-electron chi connectivity index (χ0n) is 17.4. The molecule has 0 aliphatic heterocycles. The summed E-state index contributed by atoms with van der Waals surface area (Å²) in [5.41, 5.74) is 1.55. The number of hydrogen-bond donors (Lipinski definition) is 1. The molecule has 33 heavy (non-hydrogen) atoms. The first-order valence-electron chi connectivity index (χ1n) is 10.2. The zero-order valence-corrected chi connectivity index (χ0v) is 18.2. The van der Waals surface area contributed by atoms with Crippen molar-refractivity contribution in [2.45, 2.75) is 29.9 Å². The van der Waals surface area contributed by atoms with Crippen molar-refractivity contribution in [2.75, 3.05) is 6.54 Å². The van der Waals surface area contributed by atoms with Crippen LogP contribution in [-0.2, 0) is 20.4 Å². The molecular formula is C24H21F2NO5S. The van der Waals surface area contributed by atoms with E-state index in [-0.39, 0.29) is 10.6 Å². The lowest BCUT2D eigenvalue weighted by Crippen LogP contribution is -2.43. The smallest absolute Gasteiger partial charge is 0.387 e. The van der Waals surface area contributed by atoms with E-state index in [4.69, 9.17) is 0 Å². The lowest BCUT2D eigenvalue weighted by Gasteiger charge is -2.30. The van der Waals surface area contributed by atoms with Gasteiger partial charge in [0.1, 0.15) is 12.3 Å². The van der Waals surface area contributed by atoms with E-state index in [2.05, 4.69) is 4.74 Å². The predicted octanol–water partition coefficient (Wildman–Crippen LogP) is 4.72. The van der Waals surface area contributed by atoms with Crippen LogP contribution in [0, 0.1) is 0 Å². The summed E-state index contributed by atoms with van der Waals surface area (Å²) in [6, 6.07) is 21.5. The fourth-order valence-electron chi connectivity index (χ4n) is 3.93. The number of carbonyl (C=O) groups is 1. The standard InChI is InChI=1S/C24H21F2NO5S/c25-23(26)32-20-9-11-21(12-10-20)33(30,31)27(16-22(28)29)24(13-14-24)19-8-4-7-18(15-19)17-5-2-1-3-6-17/h1-12,15,23H,13-14,16H2,(H,28,29). The number of alkyl halides is 2. The maximum Gasteiger partial charge on any atom is 0.387 e. The Morgan fingerprint density at radius 2 is 1.61 bits per heavy atom. The van der Waals surface area contributed by atoms with Crippen LogP contribution in [0.5, 0.6) is 5.75 Å². The molecule has 0 heterocycles. The number of hydrogen-bond acceptors (Lipinski definition) is 4. The van der Waals surface area contributed by atoms with Crippen molar-refractivity contribution >= 4 is 16.0 Å². The number of nitrogens with zero attached hydrogens (tertiary/aromatic N) is 1. The maximum atomic E-state index is 13.5. The Bertz CT molecular complexity index is 1240. The minimum Gasteiger partial charge on any atom is -0.480 e. The fourth-order valence-corrected chi connectivity index (χ4v) is 5.69. The van der Waals surface area contributed by atoms with Crippen molar-refractivity contribution in [3.8, 4) is 16.9 Å². The van der Waals surface area contributed by atoms with Gasteiger partial charge in [0, 0.05) is 0 Å². The number of carboxylic acids is 1. The summed E-state index contributed by atoms with van der Waals surface area (Å²) < 4.78 is 57.1. The third-order valence-electron chi connectivity index (χ3n) is 5.62.